The van der Waals surface area contributed by atoms with Crippen LogP contribution in [0.5, 0.6) is 0 Å². The van der Waals surface area contributed by atoms with Crippen molar-refractivity contribution in [3.8, 4) is 11.1 Å². The summed E-state index contributed by atoms with van der Waals surface area (Å²) in [7, 11) is 2.06. The Morgan fingerprint density at radius 1 is 1.19 bits per heavy atom. The lowest BCUT2D eigenvalue weighted by atomic mass is 10.0. The molecule has 4 rings (SSSR count). The molecule has 3 heterocycles. The molecule has 8 nitrogen and oxygen atoms in total. The van der Waals surface area contributed by atoms with Gasteiger partial charge in [-0.25, -0.2) is 4.98 Å². The Labute approximate surface area is 212 Å². The summed E-state index contributed by atoms with van der Waals surface area (Å²) >= 11 is 0. The van der Waals surface area contributed by atoms with Gasteiger partial charge < -0.3 is 24.8 Å². The van der Waals surface area contributed by atoms with Gasteiger partial charge in [0, 0.05) is 63.1 Å². The minimum atomic E-state index is -2.79. The summed E-state index contributed by atoms with van der Waals surface area (Å²) in [6.45, 7) is 7.12. The van der Waals surface area contributed by atoms with Crippen molar-refractivity contribution >= 4 is 22.9 Å². The van der Waals surface area contributed by atoms with E-state index in [1.807, 2.05) is 35.4 Å². The van der Waals surface area contributed by atoms with E-state index in [1.165, 1.54) is 6.42 Å². The van der Waals surface area contributed by atoms with E-state index in [0.29, 0.717) is 17.2 Å². The predicted molar refractivity (Wildman–Crippen MR) is 140 cm³/mol. The molecule has 1 amide bonds. The van der Waals surface area contributed by atoms with Gasteiger partial charge in [-0.3, -0.25) is 4.79 Å². The van der Waals surface area contributed by atoms with Crippen LogP contribution in [0.2, 0.25) is 0 Å². The fourth-order valence-electron chi connectivity index (χ4n) is 3.53. The number of benzene rings is 1. The van der Waals surface area contributed by atoms with E-state index < -0.39 is 6.61 Å². The molecule has 2 aromatic heterocycles. The Balaban J connectivity index is 0.000000734. The number of ether oxygens (including phenoxy) is 1. The standard InChI is InChI=1S/C21H24F2N6O2.C5H12.H2/c1-28-7-9-29(10-8-28)19(30)15-4-2-14(3-5-15)16-12-25-18-17(16)13-26-21(27-18)24-6-11-31-20(22)23;1-4-5(2)3;/h2-5,12-13,20H,6-11H2,1H3,(H2,24,25,26,27);5H,4H2,1-3H3;1H. The first-order valence-electron chi connectivity index (χ1n) is 12.3. The highest BCUT2D eigenvalue weighted by Crippen LogP contribution is 2.28. The lowest BCUT2D eigenvalue weighted by molar-refractivity contribution is -0.125. The van der Waals surface area contributed by atoms with Crippen molar-refractivity contribution in [3.63, 3.8) is 0 Å². The molecule has 0 atom stereocenters. The summed E-state index contributed by atoms with van der Waals surface area (Å²) < 4.78 is 28.2. The smallest absolute Gasteiger partial charge is 0.345 e. The molecule has 10 heteroatoms. The topological polar surface area (TPSA) is 86.4 Å². The van der Waals surface area contributed by atoms with Crippen LogP contribution in [-0.4, -0.2) is 83.6 Å². The second-order valence-corrected chi connectivity index (χ2v) is 9.19. The lowest BCUT2D eigenvalue weighted by Crippen LogP contribution is -2.47. The minimum absolute atomic E-state index is 0. The van der Waals surface area contributed by atoms with Crippen LogP contribution in [0.25, 0.3) is 22.2 Å². The van der Waals surface area contributed by atoms with Crippen LogP contribution in [0, 0.1) is 5.92 Å². The number of hydrogen-bond acceptors (Lipinski definition) is 6. The lowest BCUT2D eigenvalue weighted by Gasteiger charge is -2.32. The summed E-state index contributed by atoms with van der Waals surface area (Å²) in [5.41, 5.74) is 3.15. The zero-order valence-electron chi connectivity index (χ0n) is 21.4. The Morgan fingerprint density at radius 3 is 2.47 bits per heavy atom. The number of hydrogen-bond donors (Lipinski definition) is 2. The van der Waals surface area contributed by atoms with Gasteiger partial charge in [0.15, 0.2) is 0 Å². The summed E-state index contributed by atoms with van der Waals surface area (Å²) in [5.74, 6) is 1.26. The third-order valence-corrected chi connectivity index (χ3v) is 6.11. The van der Waals surface area contributed by atoms with E-state index in [9.17, 15) is 13.6 Å². The molecule has 2 N–H and O–H groups in total. The van der Waals surface area contributed by atoms with Crippen LogP contribution < -0.4 is 5.32 Å². The predicted octanol–water partition coefficient (Wildman–Crippen LogP) is 4.96. The Hall–Kier alpha value is -3.11. The third kappa shape index (κ3) is 7.69. The maximum Gasteiger partial charge on any atom is 0.345 e. The van der Waals surface area contributed by atoms with Gasteiger partial charge >= 0.3 is 6.61 Å². The highest BCUT2D eigenvalue weighted by Gasteiger charge is 2.20. The number of aromatic amines is 1. The highest BCUT2D eigenvalue weighted by molar-refractivity contribution is 5.97. The molecule has 0 spiro atoms. The molecule has 1 aliphatic heterocycles. The molecule has 0 bridgehead atoms. The van der Waals surface area contributed by atoms with E-state index in [-0.39, 0.29) is 20.5 Å². The average molecular weight is 505 g/mol. The Kier molecular flexibility index (Phi) is 10.1. The van der Waals surface area contributed by atoms with Crippen molar-refractivity contribution in [2.75, 3.05) is 51.7 Å². The number of likely N-dealkylation sites (N-methyl/N-ethyl adjacent to an activating group) is 1. The largest absolute Gasteiger partial charge is 0.352 e. The number of piperazine rings is 1. The number of fused-ring (bicyclic) bond motifs is 1. The first kappa shape index (κ1) is 27.5. The van der Waals surface area contributed by atoms with Crippen LogP contribution in [0.15, 0.2) is 36.7 Å². The van der Waals surface area contributed by atoms with Gasteiger partial charge in [-0.15, -0.1) is 0 Å². The van der Waals surface area contributed by atoms with Crippen LogP contribution in [0.3, 0.4) is 0 Å². The Morgan fingerprint density at radius 2 is 1.86 bits per heavy atom. The number of nitrogens with one attached hydrogen (secondary N) is 2. The molecule has 3 aromatic rings. The molecule has 0 saturated carbocycles. The van der Waals surface area contributed by atoms with Crippen molar-refractivity contribution in [2.24, 2.45) is 5.92 Å². The first-order chi connectivity index (χ1) is 17.3. The molecule has 1 fully saturated rings. The van der Waals surface area contributed by atoms with Crippen molar-refractivity contribution in [3.05, 3.63) is 42.2 Å². The van der Waals surface area contributed by atoms with Gasteiger partial charge in [0.25, 0.3) is 5.91 Å². The van der Waals surface area contributed by atoms with Crippen molar-refractivity contribution in [1.29, 1.82) is 0 Å². The van der Waals surface area contributed by atoms with Crippen molar-refractivity contribution in [2.45, 2.75) is 33.8 Å². The molecule has 0 aliphatic carbocycles. The van der Waals surface area contributed by atoms with E-state index in [1.54, 1.807) is 6.20 Å². The number of halogens is 2. The van der Waals surface area contributed by atoms with E-state index in [0.717, 1.165) is 48.6 Å². The summed E-state index contributed by atoms with van der Waals surface area (Å²) in [6.07, 6.45) is 4.81. The maximum absolute atomic E-state index is 12.7. The molecular formula is C26H38F2N6O2. The number of H-pyrrole nitrogens is 1. The van der Waals surface area contributed by atoms with E-state index >= 15 is 0 Å². The van der Waals surface area contributed by atoms with Gasteiger partial charge in [-0.2, -0.15) is 13.8 Å². The van der Waals surface area contributed by atoms with E-state index in [2.05, 4.69) is 57.7 Å². The fourth-order valence-corrected chi connectivity index (χ4v) is 3.53. The quantitative estimate of drug-likeness (QED) is 0.422. The second kappa shape index (κ2) is 13.3. The van der Waals surface area contributed by atoms with Crippen LogP contribution >= 0.6 is 0 Å². The second-order valence-electron chi connectivity index (χ2n) is 9.19. The fraction of sp³-hybridized carbons (Fsp3) is 0.500. The first-order valence-corrected chi connectivity index (χ1v) is 12.3. The summed E-state index contributed by atoms with van der Waals surface area (Å²) in [6, 6.07) is 7.52. The van der Waals surface area contributed by atoms with Crippen molar-refractivity contribution in [1.82, 2.24) is 24.8 Å². The monoisotopic (exact) mass is 504 g/mol. The molecule has 1 aromatic carbocycles. The number of carbonyl (C=O) groups excluding carboxylic acids is 1. The minimum Gasteiger partial charge on any atom is -0.352 e. The molecule has 36 heavy (non-hydrogen) atoms. The number of rotatable bonds is 8. The molecule has 0 radical (unpaired) electrons. The molecule has 1 aliphatic rings. The SMILES string of the molecule is CCC(C)C.CN1CCN(C(=O)c2ccc(-c3c[nH]c4nc(NCCOC(F)F)ncc34)cc2)CC1.[HH]. The maximum atomic E-state index is 12.7. The molecule has 0 unspecified atom stereocenters. The normalized spacial score (nSPS) is 14.3. The number of nitrogens with zero attached hydrogens (tertiary/aromatic N) is 4. The number of carbonyl (C=O) groups is 1. The summed E-state index contributed by atoms with van der Waals surface area (Å²) in [4.78, 5) is 28.5. The molecule has 198 valence electrons. The molecular weight excluding hydrogens is 466 g/mol. The zero-order chi connectivity index (χ0) is 26.1. The third-order valence-electron chi connectivity index (χ3n) is 6.11. The highest BCUT2D eigenvalue weighted by atomic mass is 19.3. The number of alkyl halides is 2. The van der Waals surface area contributed by atoms with E-state index in [4.69, 9.17) is 0 Å². The zero-order valence-corrected chi connectivity index (χ0v) is 21.4. The van der Waals surface area contributed by atoms with Gasteiger partial charge in [0.2, 0.25) is 5.95 Å². The van der Waals surface area contributed by atoms with Crippen LogP contribution in [-0.2, 0) is 4.74 Å². The number of amides is 1. The van der Waals surface area contributed by atoms with Gasteiger partial charge in [0.1, 0.15) is 5.65 Å². The van der Waals surface area contributed by atoms with Gasteiger partial charge in [-0.05, 0) is 30.7 Å². The van der Waals surface area contributed by atoms with Crippen LogP contribution in [0.1, 0.15) is 39.0 Å². The number of anilines is 1. The van der Waals surface area contributed by atoms with Crippen LogP contribution in [0.4, 0.5) is 14.7 Å². The van der Waals surface area contributed by atoms with Gasteiger partial charge in [-0.1, -0.05) is 39.3 Å². The average Bonchev–Trinajstić information content (AvgIpc) is 3.30. The Bertz CT molecular complexity index is 1100. The van der Waals surface area contributed by atoms with Crippen molar-refractivity contribution < 1.29 is 19.7 Å². The van der Waals surface area contributed by atoms with Gasteiger partial charge in [0.05, 0.1) is 6.61 Å². The summed E-state index contributed by atoms with van der Waals surface area (Å²) in [5, 5.41) is 3.68. The molecule has 1 saturated heterocycles. The number of aromatic nitrogens is 3.